The van der Waals surface area contributed by atoms with Crippen molar-refractivity contribution in [3.8, 4) is 0 Å². The van der Waals surface area contributed by atoms with Gasteiger partial charge in [-0.1, -0.05) is 0 Å². The number of aromatic amines is 1. The molecule has 5 heteroatoms. The van der Waals surface area contributed by atoms with Crippen molar-refractivity contribution in [2.45, 2.75) is 31.6 Å². The fourth-order valence-corrected chi connectivity index (χ4v) is 3.13. The van der Waals surface area contributed by atoms with Gasteiger partial charge < -0.3 is 9.64 Å². The lowest BCUT2D eigenvalue weighted by molar-refractivity contribution is -0.139. The van der Waals surface area contributed by atoms with Gasteiger partial charge in [0, 0.05) is 50.0 Å². The number of hydrogen-bond donors (Lipinski definition) is 1. The summed E-state index contributed by atoms with van der Waals surface area (Å²) < 4.78 is 5.33. The third kappa shape index (κ3) is 2.81. The average molecular weight is 263 g/mol. The van der Waals surface area contributed by atoms with Gasteiger partial charge in [-0.3, -0.25) is 9.89 Å². The topological polar surface area (TPSA) is 58.2 Å². The molecule has 0 radical (unpaired) electrons. The molecular weight excluding hydrogens is 242 g/mol. The number of likely N-dealkylation sites (tertiary alicyclic amines) is 1. The zero-order valence-electron chi connectivity index (χ0n) is 11.2. The Hall–Kier alpha value is -1.36. The molecular formula is C14H21N3O2. The highest BCUT2D eigenvalue weighted by Gasteiger charge is 2.30. The summed E-state index contributed by atoms with van der Waals surface area (Å²) in [6.07, 6.45) is 5.76. The fourth-order valence-electron chi connectivity index (χ4n) is 3.13. The molecule has 0 aliphatic carbocycles. The van der Waals surface area contributed by atoms with Crippen LogP contribution in [0.3, 0.4) is 0 Å². The Kier molecular flexibility index (Phi) is 3.82. The van der Waals surface area contributed by atoms with Crippen molar-refractivity contribution in [1.82, 2.24) is 15.1 Å². The first kappa shape index (κ1) is 12.7. The van der Waals surface area contributed by atoms with Gasteiger partial charge in [-0.05, 0) is 31.7 Å². The molecule has 1 atom stereocenters. The Morgan fingerprint density at radius 3 is 2.95 bits per heavy atom. The summed E-state index contributed by atoms with van der Waals surface area (Å²) in [6, 6.07) is 2.02. The Bertz CT molecular complexity index is 412. The Morgan fingerprint density at radius 1 is 1.37 bits per heavy atom. The van der Waals surface area contributed by atoms with Crippen molar-refractivity contribution < 1.29 is 9.53 Å². The molecule has 1 aromatic rings. The predicted molar refractivity (Wildman–Crippen MR) is 70.7 cm³/mol. The van der Waals surface area contributed by atoms with Crippen molar-refractivity contribution >= 4 is 5.91 Å². The molecule has 0 unspecified atom stereocenters. The maximum absolute atomic E-state index is 12.5. The molecule has 0 bridgehead atoms. The van der Waals surface area contributed by atoms with Gasteiger partial charge in [0.25, 0.3) is 0 Å². The molecule has 2 fully saturated rings. The minimum Gasteiger partial charge on any atom is -0.381 e. The van der Waals surface area contributed by atoms with Crippen LogP contribution in [0.4, 0.5) is 0 Å². The maximum Gasteiger partial charge on any atom is 0.225 e. The van der Waals surface area contributed by atoms with E-state index >= 15 is 0 Å². The number of nitrogens with zero attached hydrogens (tertiary/aromatic N) is 2. The number of carbonyl (C=O) groups is 1. The van der Waals surface area contributed by atoms with Crippen molar-refractivity contribution in [2.75, 3.05) is 26.3 Å². The Balaban J connectivity index is 1.62. The number of H-pyrrole nitrogens is 1. The quantitative estimate of drug-likeness (QED) is 0.880. The fraction of sp³-hybridized carbons (Fsp3) is 0.714. The van der Waals surface area contributed by atoms with Crippen LogP contribution in [0, 0.1) is 5.92 Å². The summed E-state index contributed by atoms with van der Waals surface area (Å²) in [6.45, 7) is 3.20. The van der Waals surface area contributed by atoms with E-state index in [1.54, 1.807) is 6.20 Å². The number of rotatable bonds is 2. The summed E-state index contributed by atoms with van der Waals surface area (Å²) in [5.41, 5.74) is 1.16. The van der Waals surface area contributed by atoms with Gasteiger partial charge in [-0.2, -0.15) is 5.10 Å². The summed E-state index contributed by atoms with van der Waals surface area (Å²) in [5.74, 6) is 0.918. The average Bonchev–Trinajstić information content (AvgIpc) is 3.02. The number of ether oxygens (including phenoxy) is 1. The molecule has 2 saturated heterocycles. The highest BCUT2D eigenvalue weighted by molar-refractivity contribution is 5.79. The molecule has 3 rings (SSSR count). The molecule has 0 aromatic carbocycles. The van der Waals surface area contributed by atoms with Crippen LogP contribution in [0.15, 0.2) is 12.3 Å². The van der Waals surface area contributed by atoms with E-state index in [4.69, 9.17) is 4.74 Å². The molecule has 2 aliphatic rings. The molecule has 0 saturated carbocycles. The van der Waals surface area contributed by atoms with E-state index in [1.165, 1.54) is 0 Å². The maximum atomic E-state index is 12.5. The molecule has 1 aromatic heterocycles. The lowest BCUT2D eigenvalue weighted by Gasteiger charge is -2.35. The number of hydrogen-bond acceptors (Lipinski definition) is 3. The first-order valence-electron chi connectivity index (χ1n) is 7.20. The SMILES string of the molecule is O=C(C1CCOCC1)N1CCC[C@H](c2ccn[nH]2)C1. The van der Waals surface area contributed by atoms with Crippen LogP contribution in [0.25, 0.3) is 0 Å². The predicted octanol–water partition coefficient (Wildman–Crippen LogP) is 1.54. The van der Waals surface area contributed by atoms with E-state index in [0.717, 1.165) is 57.7 Å². The smallest absolute Gasteiger partial charge is 0.225 e. The summed E-state index contributed by atoms with van der Waals surface area (Å²) in [7, 11) is 0. The van der Waals surface area contributed by atoms with Crippen molar-refractivity contribution in [3.63, 3.8) is 0 Å². The second-order valence-electron chi connectivity index (χ2n) is 5.52. The molecule has 2 aliphatic heterocycles. The first-order valence-corrected chi connectivity index (χ1v) is 7.20. The van der Waals surface area contributed by atoms with Crippen LogP contribution in [0.2, 0.25) is 0 Å². The summed E-state index contributed by atoms with van der Waals surface area (Å²) in [5, 5.41) is 7.05. The van der Waals surface area contributed by atoms with E-state index in [-0.39, 0.29) is 5.92 Å². The van der Waals surface area contributed by atoms with E-state index in [1.807, 2.05) is 11.0 Å². The Morgan fingerprint density at radius 2 is 2.21 bits per heavy atom. The van der Waals surface area contributed by atoms with Crippen LogP contribution in [-0.2, 0) is 9.53 Å². The van der Waals surface area contributed by atoms with Crippen LogP contribution < -0.4 is 0 Å². The van der Waals surface area contributed by atoms with Gasteiger partial charge in [-0.25, -0.2) is 0 Å². The van der Waals surface area contributed by atoms with Crippen LogP contribution in [0.1, 0.15) is 37.3 Å². The van der Waals surface area contributed by atoms with Crippen LogP contribution in [-0.4, -0.2) is 47.3 Å². The van der Waals surface area contributed by atoms with Crippen LogP contribution in [0.5, 0.6) is 0 Å². The molecule has 0 spiro atoms. The van der Waals surface area contributed by atoms with Gasteiger partial charge >= 0.3 is 0 Å². The molecule has 1 amide bonds. The number of piperidine rings is 1. The molecule has 19 heavy (non-hydrogen) atoms. The van der Waals surface area contributed by atoms with Gasteiger partial charge in [0.15, 0.2) is 0 Å². The standard InChI is InChI=1S/C14H21N3O2/c18-14(11-4-8-19-9-5-11)17-7-1-2-12(10-17)13-3-6-15-16-13/h3,6,11-12H,1-2,4-5,7-10H2,(H,15,16)/t12-/m0/s1. The molecule has 104 valence electrons. The third-order valence-electron chi connectivity index (χ3n) is 4.27. The minimum atomic E-state index is 0.175. The second kappa shape index (κ2) is 5.74. The van der Waals surface area contributed by atoms with Gasteiger partial charge in [0.1, 0.15) is 0 Å². The highest BCUT2D eigenvalue weighted by atomic mass is 16.5. The van der Waals surface area contributed by atoms with Crippen molar-refractivity contribution in [2.24, 2.45) is 5.92 Å². The molecule has 3 heterocycles. The van der Waals surface area contributed by atoms with E-state index in [2.05, 4.69) is 10.2 Å². The lowest BCUT2D eigenvalue weighted by Crippen LogP contribution is -2.43. The third-order valence-corrected chi connectivity index (χ3v) is 4.27. The van der Waals surface area contributed by atoms with E-state index in [0.29, 0.717) is 11.8 Å². The largest absolute Gasteiger partial charge is 0.381 e. The molecule has 5 nitrogen and oxygen atoms in total. The van der Waals surface area contributed by atoms with Gasteiger partial charge in [0.05, 0.1) is 0 Å². The second-order valence-corrected chi connectivity index (χ2v) is 5.52. The number of aromatic nitrogens is 2. The normalized spacial score (nSPS) is 25.5. The first-order chi connectivity index (χ1) is 9.34. The van der Waals surface area contributed by atoms with Crippen LogP contribution >= 0.6 is 0 Å². The van der Waals surface area contributed by atoms with E-state index < -0.39 is 0 Å². The number of amides is 1. The highest BCUT2D eigenvalue weighted by Crippen LogP contribution is 2.27. The van der Waals surface area contributed by atoms with Crippen molar-refractivity contribution in [1.29, 1.82) is 0 Å². The zero-order valence-corrected chi connectivity index (χ0v) is 11.2. The summed E-state index contributed by atoms with van der Waals surface area (Å²) in [4.78, 5) is 14.6. The lowest BCUT2D eigenvalue weighted by atomic mass is 9.92. The Labute approximate surface area is 113 Å². The minimum absolute atomic E-state index is 0.175. The molecule has 1 N–H and O–H groups in total. The van der Waals surface area contributed by atoms with Gasteiger partial charge in [-0.15, -0.1) is 0 Å². The zero-order chi connectivity index (χ0) is 13.1. The number of nitrogens with one attached hydrogen (secondary N) is 1. The monoisotopic (exact) mass is 263 g/mol. The van der Waals surface area contributed by atoms with Gasteiger partial charge in [0.2, 0.25) is 5.91 Å². The summed E-state index contributed by atoms with van der Waals surface area (Å²) >= 11 is 0. The van der Waals surface area contributed by atoms with E-state index in [9.17, 15) is 4.79 Å². The number of carbonyl (C=O) groups excluding carboxylic acids is 1. The van der Waals surface area contributed by atoms with Crippen molar-refractivity contribution in [3.05, 3.63) is 18.0 Å².